The lowest BCUT2D eigenvalue weighted by molar-refractivity contribution is -0.767. The molecule has 3 N–H and O–H groups in total. The van der Waals surface area contributed by atoms with Gasteiger partial charge in [0, 0.05) is 30.2 Å². The second-order valence-corrected chi connectivity index (χ2v) is 8.42. The zero-order valence-electron chi connectivity index (χ0n) is 19.1. The van der Waals surface area contributed by atoms with Crippen LogP contribution >= 0.6 is 0 Å². The number of hydrogen-bond acceptors (Lipinski definition) is 9. The van der Waals surface area contributed by atoms with Crippen LogP contribution in [0.3, 0.4) is 0 Å². The van der Waals surface area contributed by atoms with Gasteiger partial charge in [-0.3, -0.25) is 9.59 Å². The fraction of sp³-hybridized carbons (Fsp3) is 0.391. The summed E-state index contributed by atoms with van der Waals surface area (Å²) < 4.78 is 5.14. The minimum atomic E-state index is -1.27. The molecule has 2 saturated heterocycles. The van der Waals surface area contributed by atoms with Gasteiger partial charge in [0.1, 0.15) is 12.7 Å². The maximum absolute atomic E-state index is 13.1. The lowest BCUT2D eigenvalue weighted by Gasteiger charge is -2.29. The molecule has 0 bridgehead atoms. The molecule has 0 aromatic heterocycles. The molecule has 0 spiro atoms. The monoisotopic (exact) mass is 485 g/mol. The van der Waals surface area contributed by atoms with E-state index in [1.54, 1.807) is 41.3 Å². The van der Waals surface area contributed by atoms with Gasteiger partial charge in [0.15, 0.2) is 6.35 Å². The van der Waals surface area contributed by atoms with Crippen molar-refractivity contribution in [2.24, 2.45) is 0 Å². The molecule has 2 aliphatic rings. The standard InChI is InChI=1S/C23H27N5O7/c1-15-2-4-17(5-3-15)25-23(31)27-13-19(35-28(32)33)12-20(27)22(30)24-16-6-8-18(9-7-16)26-10-11-34-14-21(26)29/h2-9,19-20,23,25,31H,10-14H2,1H3,(H,24,30)/t19-,20?,23?/m0/s1. The smallest absolute Gasteiger partial charge is 0.294 e. The van der Waals surface area contributed by atoms with E-state index in [0.29, 0.717) is 30.2 Å². The van der Waals surface area contributed by atoms with Gasteiger partial charge in [-0.15, -0.1) is 10.1 Å². The van der Waals surface area contributed by atoms with Crippen molar-refractivity contribution in [3.63, 3.8) is 0 Å². The Morgan fingerprint density at radius 2 is 1.89 bits per heavy atom. The number of carbonyl (C=O) groups is 2. The fourth-order valence-corrected chi connectivity index (χ4v) is 4.17. The number of aryl methyl sites for hydroxylation is 1. The third kappa shape index (κ3) is 6.04. The van der Waals surface area contributed by atoms with Crippen LogP contribution in [0, 0.1) is 17.0 Å². The lowest BCUT2D eigenvalue weighted by Crippen LogP contribution is -2.48. The molecular formula is C23H27N5O7. The average molecular weight is 485 g/mol. The molecule has 2 unspecified atom stereocenters. The van der Waals surface area contributed by atoms with Crippen LogP contribution in [0.1, 0.15) is 12.0 Å². The van der Waals surface area contributed by atoms with Gasteiger partial charge in [0.05, 0.1) is 12.6 Å². The number of carbonyl (C=O) groups excluding carboxylic acids is 2. The molecule has 12 heteroatoms. The van der Waals surface area contributed by atoms with Gasteiger partial charge in [-0.1, -0.05) is 17.7 Å². The normalized spacial score (nSPS) is 21.4. The molecule has 2 aromatic carbocycles. The molecule has 0 radical (unpaired) electrons. The molecule has 0 aliphatic carbocycles. The molecule has 2 amide bonds. The summed E-state index contributed by atoms with van der Waals surface area (Å²) in [7, 11) is 0. The maximum Gasteiger partial charge on any atom is 0.294 e. The van der Waals surface area contributed by atoms with Gasteiger partial charge < -0.3 is 30.2 Å². The van der Waals surface area contributed by atoms with E-state index >= 15 is 0 Å². The van der Waals surface area contributed by atoms with Crippen molar-refractivity contribution in [2.45, 2.75) is 31.8 Å². The van der Waals surface area contributed by atoms with Crippen molar-refractivity contribution in [2.75, 3.05) is 41.8 Å². The van der Waals surface area contributed by atoms with Crippen LogP contribution in [0.2, 0.25) is 0 Å². The Bertz CT molecular complexity index is 1060. The zero-order valence-corrected chi connectivity index (χ0v) is 19.1. The first-order chi connectivity index (χ1) is 16.8. The second-order valence-electron chi connectivity index (χ2n) is 8.42. The molecule has 4 rings (SSSR count). The molecule has 2 aliphatic heterocycles. The second kappa shape index (κ2) is 10.7. The summed E-state index contributed by atoms with van der Waals surface area (Å²) in [5.74, 6) is -0.582. The van der Waals surface area contributed by atoms with E-state index in [1.807, 2.05) is 19.1 Å². The Labute approximate surface area is 201 Å². The molecule has 186 valence electrons. The number of hydrogen-bond donors (Lipinski definition) is 3. The first kappa shape index (κ1) is 24.4. The van der Waals surface area contributed by atoms with Crippen LogP contribution in [-0.2, 0) is 19.2 Å². The molecular weight excluding hydrogens is 458 g/mol. The summed E-state index contributed by atoms with van der Waals surface area (Å²) in [6.45, 7) is 2.85. The van der Waals surface area contributed by atoms with Gasteiger partial charge in [0.25, 0.3) is 11.0 Å². The Hall–Kier alpha value is -3.74. The highest BCUT2D eigenvalue weighted by molar-refractivity contribution is 5.97. The Morgan fingerprint density at radius 1 is 1.20 bits per heavy atom. The summed E-state index contributed by atoms with van der Waals surface area (Å²) in [6, 6.07) is 13.2. The number of amides is 2. The van der Waals surface area contributed by atoms with Gasteiger partial charge in [0.2, 0.25) is 5.91 Å². The number of morpholine rings is 1. The van der Waals surface area contributed by atoms with E-state index in [2.05, 4.69) is 10.6 Å². The van der Waals surface area contributed by atoms with E-state index in [-0.39, 0.29) is 25.5 Å². The number of benzene rings is 2. The average Bonchev–Trinajstić information content (AvgIpc) is 3.25. The molecule has 3 atom stereocenters. The van der Waals surface area contributed by atoms with Crippen LogP contribution in [-0.4, -0.2) is 71.7 Å². The van der Waals surface area contributed by atoms with Crippen molar-refractivity contribution in [1.82, 2.24) is 4.90 Å². The predicted molar refractivity (Wildman–Crippen MR) is 126 cm³/mol. The van der Waals surface area contributed by atoms with Gasteiger partial charge >= 0.3 is 0 Å². The summed E-state index contributed by atoms with van der Waals surface area (Å²) in [6.07, 6.45) is -2.12. The predicted octanol–water partition coefficient (Wildman–Crippen LogP) is 1.34. The van der Waals surface area contributed by atoms with Crippen molar-refractivity contribution < 1.29 is 29.4 Å². The number of anilines is 3. The summed E-state index contributed by atoms with van der Waals surface area (Å²) in [5, 5.41) is 26.4. The third-order valence-electron chi connectivity index (χ3n) is 5.93. The van der Waals surface area contributed by atoms with E-state index in [9.17, 15) is 24.8 Å². The van der Waals surface area contributed by atoms with Gasteiger partial charge in [-0.25, -0.2) is 4.90 Å². The van der Waals surface area contributed by atoms with Crippen molar-refractivity contribution >= 4 is 28.9 Å². The molecule has 35 heavy (non-hydrogen) atoms. The van der Waals surface area contributed by atoms with E-state index < -0.39 is 29.5 Å². The number of nitrogens with one attached hydrogen (secondary N) is 2. The fourth-order valence-electron chi connectivity index (χ4n) is 4.17. The number of aliphatic hydroxyl groups is 1. The highest BCUT2D eigenvalue weighted by Crippen LogP contribution is 2.26. The first-order valence-corrected chi connectivity index (χ1v) is 11.2. The van der Waals surface area contributed by atoms with Gasteiger partial charge in [-0.2, -0.15) is 0 Å². The number of ether oxygens (including phenoxy) is 1. The molecule has 2 aromatic rings. The van der Waals surface area contributed by atoms with E-state index in [0.717, 1.165) is 5.56 Å². The number of rotatable bonds is 8. The summed E-state index contributed by atoms with van der Waals surface area (Å²) in [4.78, 5) is 43.7. The van der Waals surface area contributed by atoms with Crippen molar-refractivity contribution in [3.05, 3.63) is 64.2 Å². The minimum Gasteiger partial charge on any atom is -0.370 e. The van der Waals surface area contributed by atoms with Gasteiger partial charge in [-0.05, 0) is 49.7 Å². The number of likely N-dealkylation sites (tertiary alicyclic amines) is 1. The Kier molecular flexibility index (Phi) is 7.44. The van der Waals surface area contributed by atoms with Crippen LogP contribution in [0.5, 0.6) is 0 Å². The SMILES string of the molecule is Cc1ccc(NC(O)N2C[C@@H](O[N+](=O)[O-])CC2C(=O)Nc2ccc(N3CCOCC3=O)cc2)cc1. The molecule has 12 nitrogen and oxygen atoms in total. The maximum atomic E-state index is 13.1. The third-order valence-corrected chi connectivity index (χ3v) is 5.93. The lowest BCUT2D eigenvalue weighted by atomic mass is 10.1. The van der Waals surface area contributed by atoms with E-state index in [4.69, 9.17) is 9.57 Å². The van der Waals surface area contributed by atoms with Crippen LogP contribution < -0.4 is 15.5 Å². The number of nitrogens with zero attached hydrogens (tertiary/aromatic N) is 3. The summed E-state index contributed by atoms with van der Waals surface area (Å²) >= 11 is 0. The first-order valence-electron chi connectivity index (χ1n) is 11.2. The van der Waals surface area contributed by atoms with Crippen LogP contribution in [0.15, 0.2) is 48.5 Å². The van der Waals surface area contributed by atoms with Crippen LogP contribution in [0.25, 0.3) is 0 Å². The van der Waals surface area contributed by atoms with E-state index in [1.165, 1.54) is 4.90 Å². The molecule has 2 heterocycles. The molecule has 2 fully saturated rings. The zero-order chi connectivity index (χ0) is 24.9. The Morgan fingerprint density at radius 3 is 2.54 bits per heavy atom. The Balaban J connectivity index is 1.44. The number of aliphatic hydroxyl groups excluding tert-OH is 1. The largest absolute Gasteiger partial charge is 0.370 e. The topological polar surface area (TPSA) is 147 Å². The van der Waals surface area contributed by atoms with Crippen molar-refractivity contribution in [3.8, 4) is 0 Å². The minimum absolute atomic E-state index is 0.0167. The highest BCUT2D eigenvalue weighted by atomic mass is 17.0. The quantitative estimate of drug-likeness (QED) is 0.286. The molecule has 0 saturated carbocycles. The van der Waals surface area contributed by atoms with Crippen molar-refractivity contribution in [1.29, 1.82) is 0 Å². The van der Waals surface area contributed by atoms with Crippen LogP contribution in [0.4, 0.5) is 17.1 Å². The summed E-state index contributed by atoms with van der Waals surface area (Å²) in [5.41, 5.74) is 2.86. The highest BCUT2D eigenvalue weighted by Gasteiger charge is 2.42.